The molecule has 1 aliphatic heterocycles. The average Bonchev–Trinajstić information content (AvgIpc) is 2.99. The van der Waals surface area contributed by atoms with Crippen LogP contribution in [-0.4, -0.2) is 38.8 Å². The Morgan fingerprint density at radius 3 is 3.18 bits per heavy atom. The van der Waals surface area contributed by atoms with Crippen molar-refractivity contribution >= 4 is 5.91 Å². The lowest BCUT2D eigenvalue weighted by Crippen LogP contribution is -2.29. The maximum Gasteiger partial charge on any atom is 0.289 e. The summed E-state index contributed by atoms with van der Waals surface area (Å²) in [7, 11) is 0. The topological polar surface area (TPSA) is 81.9 Å². The Balaban J connectivity index is 1.42. The normalized spacial score (nSPS) is 13.5. The second-order valence-electron chi connectivity index (χ2n) is 5.20. The maximum absolute atomic E-state index is 12.1. The molecule has 0 bridgehead atoms. The number of aromatic nitrogens is 4. The predicted octanol–water partition coefficient (Wildman–Crippen LogP) is 1.21. The van der Waals surface area contributed by atoms with E-state index in [0.717, 1.165) is 43.8 Å². The van der Waals surface area contributed by atoms with Gasteiger partial charge in [-0.3, -0.25) is 9.78 Å². The maximum atomic E-state index is 12.1. The van der Waals surface area contributed by atoms with Gasteiger partial charge in [-0.15, -0.1) is 10.2 Å². The molecule has 2 aromatic rings. The molecule has 0 fully saturated rings. The minimum Gasteiger partial charge on any atom is -0.492 e. The minimum atomic E-state index is -0.165. The third-order valence-corrected chi connectivity index (χ3v) is 3.57. The highest BCUT2D eigenvalue weighted by molar-refractivity contribution is 5.90. The third kappa shape index (κ3) is 3.41. The van der Waals surface area contributed by atoms with Crippen LogP contribution in [0.25, 0.3) is 0 Å². The number of ether oxygens (including phenoxy) is 1. The van der Waals surface area contributed by atoms with Gasteiger partial charge in [0.1, 0.15) is 11.6 Å². The zero-order valence-corrected chi connectivity index (χ0v) is 12.4. The fourth-order valence-corrected chi connectivity index (χ4v) is 2.45. The summed E-state index contributed by atoms with van der Waals surface area (Å²) in [6.07, 6.45) is 7.18. The van der Waals surface area contributed by atoms with Gasteiger partial charge >= 0.3 is 0 Å². The van der Waals surface area contributed by atoms with Gasteiger partial charge in [0.2, 0.25) is 5.82 Å². The summed E-state index contributed by atoms with van der Waals surface area (Å²) in [4.78, 5) is 16.1. The first-order valence-corrected chi connectivity index (χ1v) is 7.58. The molecule has 0 unspecified atom stereocenters. The predicted molar refractivity (Wildman–Crippen MR) is 79.6 cm³/mol. The average molecular weight is 301 g/mol. The molecule has 1 amide bonds. The van der Waals surface area contributed by atoms with Crippen LogP contribution in [0, 0.1) is 0 Å². The summed E-state index contributed by atoms with van der Waals surface area (Å²) in [5.74, 6) is 1.90. The summed E-state index contributed by atoms with van der Waals surface area (Å²) in [5.41, 5.74) is 0. The van der Waals surface area contributed by atoms with Crippen molar-refractivity contribution in [2.75, 3.05) is 13.2 Å². The molecule has 3 heterocycles. The molecule has 0 saturated carbocycles. The second kappa shape index (κ2) is 7.02. The number of nitrogens with zero attached hydrogens (tertiary/aromatic N) is 4. The molecule has 7 nitrogen and oxygen atoms in total. The van der Waals surface area contributed by atoms with Crippen LogP contribution in [0.1, 0.15) is 35.7 Å². The first-order chi connectivity index (χ1) is 10.8. The molecule has 7 heteroatoms. The Bertz CT molecular complexity index is 626. The van der Waals surface area contributed by atoms with E-state index in [9.17, 15) is 4.79 Å². The van der Waals surface area contributed by atoms with E-state index in [1.54, 1.807) is 12.4 Å². The monoisotopic (exact) mass is 301 g/mol. The van der Waals surface area contributed by atoms with Gasteiger partial charge < -0.3 is 14.6 Å². The standard InChI is InChI=1S/C15H19N5O2/c21-15(14-19-18-13-6-1-2-9-20(13)14)17-8-4-10-22-12-5-3-7-16-11-12/h3,5,7,11H,1-2,4,6,8-10H2,(H,17,21). The molecule has 0 aliphatic carbocycles. The molecule has 0 saturated heterocycles. The van der Waals surface area contributed by atoms with Crippen molar-refractivity contribution in [3.05, 3.63) is 36.2 Å². The van der Waals surface area contributed by atoms with E-state index in [1.165, 1.54) is 0 Å². The Hall–Kier alpha value is -2.44. The van der Waals surface area contributed by atoms with Crippen LogP contribution in [0.2, 0.25) is 0 Å². The van der Waals surface area contributed by atoms with Crippen LogP contribution in [0.15, 0.2) is 24.5 Å². The molecule has 0 atom stereocenters. The number of nitrogens with one attached hydrogen (secondary N) is 1. The van der Waals surface area contributed by atoms with Crippen LogP contribution >= 0.6 is 0 Å². The molecule has 0 radical (unpaired) electrons. The van der Waals surface area contributed by atoms with E-state index in [0.29, 0.717) is 19.0 Å². The van der Waals surface area contributed by atoms with Crippen molar-refractivity contribution in [2.45, 2.75) is 32.2 Å². The summed E-state index contributed by atoms with van der Waals surface area (Å²) in [5, 5.41) is 11.0. The number of hydrogen-bond acceptors (Lipinski definition) is 5. The fraction of sp³-hybridized carbons (Fsp3) is 0.467. The summed E-state index contributed by atoms with van der Waals surface area (Å²) >= 11 is 0. The molecule has 1 aliphatic rings. The highest BCUT2D eigenvalue weighted by Gasteiger charge is 2.20. The van der Waals surface area contributed by atoms with Crippen molar-refractivity contribution < 1.29 is 9.53 Å². The quantitative estimate of drug-likeness (QED) is 0.811. The summed E-state index contributed by atoms with van der Waals surface area (Å²) in [6, 6.07) is 3.68. The van der Waals surface area contributed by atoms with Crippen LogP contribution in [0.5, 0.6) is 5.75 Å². The van der Waals surface area contributed by atoms with Crippen molar-refractivity contribution in [1.29, 1.82) is 0 Å². The largest absolute Gasteiger partial charge is 0.492 e. The number of carbonyl (C=O) groups excluding carboxylic acids is 1. The zero-order chi connectivity index (χ0) is 15.2. The Kier molecular flexibility index (Phi) is 4.62. The molecule has 116 valence electrons. The number of carbonyl (C=O) groups is 1. The van der Waals surface area contributed by atoms with E-state index < -0.39 is 0 Å². The molecule has 1 N–H and O–H groups in total. The Morgan fingerprint density at radius 2 is 2.32 bits per heavy atom. The second-order valence-corrected chi connectivity index (χ2v) is 5.20. The van der Waals surface area contributed by atoms with Crippen LogP contribution < -0.4 is 10.1 Å². The van der Waals surface area contributed by atoms with E-state index >= 15 is 0 Å². The highest BCUT2D eigenvalue weighted by Crippen LogP contribution is 2.14. The number of aryl methyl sites for hydroxylation is 1. The molecule has 0 aromatic carbocycles. The van der Waals surface area contributed by atoms with Gasteiger partial charge in [0.25, 0.3) is 5.91 Å². The van der Waals surface area contributed by atoms with E-state index in [-0.39, 0.29) is 5.91 Å². The van der Waals surface area contributed by atoms with Crippen LogP contribution in [0.3, 0.4) is 0 Å². The lowest BCUT2D eigenvalue weighted by molar-refractivity contribution is 0.0935. The lowest BCUT2D eigenvalue weighted by Gasteiger charge is -2.14. The van der Waals surface area contributed by atoms with Crippen LogP contribution in [0.4, 0.5) is 0 Å². The number of fused-ring (bicyclic) bond motifs is 1. The number of hydrogen-bond donors (Lipinski definition) is 1. The molecule has 22 heavy (non-hydrogen) atoms. The van der Waals surface area contributed by atoms with Gasteiger partial charge in [0, 0.05) is 25.7 Å². The van der Waals surface area contributed by atoms with Crippen molar-refractivity contribution in [1.82, 2.24) is 25.1 Å². The fourth-order valence-electron chi connectivity index (χ4n) is 2.45. The number of pyridine rings is 1. The summed E-state index contributed by atoms with van der Waals surface area (Å²) in [6.45, 7) is 1.90. The first kappa shape index (κ1) is 14.5. The Morgan fingerprint density at radius 1 is 1.36 bits per heavy atom. The van der Waals surface area contributed by atoms with Gasteiger partial charge in [0.05, 0.1) is 12.8 Å². The van der Waals surface area contributed by atoms with E-state index in [2.05, 4.69) is 20.5 Å². The number of amides is 1. The van der Waals surface area contributed by atoms with Crippen molar-refractivity contribution in [3.63, 3.8) is 0 Å². The van der Waals surface area contributed by atoms with Crippen LogP contribution in [-0.2, 0) is 13.0 Å². The Labute approximate surface area is 128 Å². The summed E-state index contributed by atoms with van der Waals surface area (Å²) < 4.78 is 7.44. The van der Waals surface area contributed by atoms with Gasteiger partial charge in [-0.1, -0.05) is 0 Å². The molecular weight excluding hydrogens is 282 g/mol. The van der Waals surface area contributed by atoms with E-state index in [4.69, 9.17) is 4.74 Å². The third-order valence-electron chi connectivity index (χ3n) is 3.57. The first-order valence-electron chi connectivity index (χ1n) is 7.58. The molecule has 0 spiro atoms. The van der Waals surface area contributed by atoms with Gasteiger partial charge in [-0.2, -0.15) is 0 Å². The van der Waals surface area contributed by atoms with Crippen molar-refractivity contribution in [2.24, 2.45) is 0 Å². The zero-order valence-electron chi connectivity index (χ0n) is 12.4. The van der Waals surface area contributed by atoms with E-state index in [1.807, 2.05) is 16.7 Å². The lowest BCUT2D eigenvalue weighted by atomic mass is 10.2. The molecule has 3 rings (SSSR count). The molecule has 2 aromatic heterocycles. The van der Waals surface area contributed by atoms with Gasteiger partial charge in [-0.25, -0.2) is 0 Å². The smallest absolute Gasteiger partial charge is 0.289 e. The highest BCUT2D eigenvalue weighted by atomic mass is 16.5. The van der Waals surface area contributed by atoms with Gasteiger partial charge in [0.15, 0.2) is 0 Å². The minimum absolute atomic E-state index is 0.165. The van der Waals surface area contributed by atoms with Crippen molar-refractivity contribution in [3.8, 4) is 5.75 Å². The number of rotatable bonds is 6. The molecular formula is C15H19N5O2. The van der Waals surface area contributed by atoms with Gasteiger partial charge in [-0.05, 0) is 31.4 Å². The SMILES string of the molecule is O=C(NCCCOc1cccnc1)c1nnc2n1CCCC2.